The van der Waals surface area contributed by atoms with E-state index in [0.29, 0.717) is 5.96 Å². The molecule has 1 aromatic rings. The Morgan fingerprint density at radius 1 is 1.33 bits per heavy atom. The number of nitrogens with zero attached hydrogens (tertiary/aromatic N) is 1. The van der Waals surface area contributed by atoms with E-state index >= 15 is 0 Å². The van der Waals surface area contributed by atoms with Crippen molar-refractivity contribution in [2.24, 2.45) is 10.8 Å². The van der Waals surface area contributed by atoms with Gasteiger partial charge in [-0.15, -0.1) is 0 Å². The second-order valence-corrected chi connectivity index (χ2v) is 4.59. The Balaban J connectivity index is 2.71. The van der Waals surface area contributed by atoms with E-state index in [-0.39, 0.29) is 6.04 Å². The second kappa shape index (κ2) is 5.92. The molecule has 1 rings (SSSR count). The van der Waals surface area contributed by atoms with Gasteiger partial charge < -0.3 is 5.32 Å². The smallest absolute Gasteiger partial charge is 0.210 e. The maximum atomic E-state index is 5.35. The van der Waals surface area contributed by atoms with Gasteiger partial charge in [-0.05, 0) is 60.7 Å². The SMILES string of the molecule is CC(C)N=C(NN)Nc1ccc(I)cc1. The standard InChI is InChI=1S/C10H15IN4/c1-7(2)13-10(15-12)14-9-5-3-8(11)4-6-9/h3-7H,12H2,1-2H3,(H2,13,14,15). The summed E-state index contributed by atoms with van der Waals surface area (Å²) in [7, 11) is 0. The average Bonchev–Trinajstić information content (AvgIpc) is 2.19. The molecule has 0 aliphatic heterocycles. The summed E-state index contributed by atoms with van der Waals surface area (Å²) in [5.41, 5.74) is 3.50. The molecule has 0 unspecified atom stereocenters. The number of guanidine groups is 1. The van der Waals surface area contributed by atoms with E-state index in [1.54, 1.807) is 0 Å². The molecule has 0 amide bonds. The van der Waals surface area contributed by atoms with Gasteiger partial charge >= 0.3 is 0 Å². The van der Waals surface area contributed by atoms with E-state index in [1.165, 1.54) is 3.57 Å². The Morgan fingerprint density at radius 2 is 1.93 bits per heavy atom. The van der Waals surface area contributed by atoms with Crippen LogP contribution in [-0.2, 0) is 0 Å². The highest BCUT2D eigenvalue weighted by molar-refractivity contribution is 14.1. The molecule has 0 saturated carbocycles. The lowest BCUT2D eigenvalue weighted by atomic mass is 10.3. The lowest BCUT2D eigenvalue weighted by Gasteiger charge is -2.10. The number of benzene rings is 1. The van der Waals surface area contributed by atoms with Gasteiger partial charge in [-0.2, -0.15) is 0 Å². The van der Waals surface area contributed by atoms with Crippen LogP contribution < -0.4 is 16.6 Å². The molecule has 1 aromatic carbocycles. The summed E-state index contributed by atoms with van der Waals surface area (Å²) in [6.07, 6.45) is 0. The maximum Gasteiger partial charge on any atom is 0.210 e. The van der Waals surface area contributed by atoms with Gasteiger partial charge in [-0.25, -0.2) is 10.8 Å². The van der Waals surface area contributed by atoms with Gasteiger partial charge in [-0.3, -0.25) is 5.43 Å². The first-order chi connectivity index (χ1) is 7.11. The normalized spacial score (nSPS) is 11.7. The molecule has 15 heavy (non-hydrogen) atoms. The van der Waals surface area contributed by atoms with E-state index in [1.807, 2.05) is 38.1 Å². The molecular formula is C10H15IN4. The van der Waals surface area contributed by atoms with Crippen LogP contribution in [0.2, 0.25) is 0 Å². The Morgan fingerprint density at radius 3 is 2.40 bits per heavy atom. The highest BCUT2D eigenvalue weighted by Crippen LogP contribution is 2.10. The summed E-state index contributed by atoms with van der Waals surface area (Å²) in [6.45, 7) is 3.99. The molecule has 4 N–H and O–H groups in total. The lowest BCUT2D eigenvalue weighted by Crippen LogP contribution is -2.36. The molecule has 0 bridgehead atoms. The van der Waals surface area contributed by atoms with Crippen molar-refractivity contribution in [2.75, 3.05) is 5.32 Å². The summed E-state index contributed by atoms with van der Waals surface area (Å²) in [5.74, 6) is 5.93. The minimum atomic E-state index is 0.201. The molecule has 0 aromatic heterocycles. The Labute approximate surface area is 103 Å². The topological polar surface area (TPSA) is 62.4 Å². The molecule has 0 heterocycles. The number of halogens is 1. The summed E-state index contributed by atoms with van der Waals surface area (Å²) < 4.78 is 1.20. The molecule has 0 spiro atoms. The van der Waals surface area contributed by atoms with Crippen molar-refractivity contribution < 1.29 is 0 Å². The van der Waals surface area contributed by atoms with Gasteiger partial charge in [0.25, 0.3) is 0 Å². The number of aliphatic imine (C=N–C) groups is 1. The average molecular weight is 318 g/mol. The molecule has 4 nitrogen and oxygen atoms in total. The number of nitrogens with one attached hydrogen (secondary N) is 2. The monoisotopic (exact) mass is 318 g/mol. The van der Waals surface area contributed by atoms with Gasteiger partial charge in [-0.1, -0.05) is 0 Å². The van der Waals surface area contributed by atoms with Gasteiger partial charge in [0.1, 0.15) is 0 Å². The van der Waals surface area contributed by atoms with E-state index in [9.17, 15) is 0 Å². The summed E-state index contributed by atoms with van der Waals surface area (Å²) >= 11 is 2.26. The van der Waals surface area contributed by atoms with Crippen LogP contribution in [0.3, 0.4) is 0 Å². The van der Waals surface area contributed by atoms with Crippen molar-refractivity contribution in [1.82, 2.24) is 5.43 Å². The first-order valence-corrected chi connectivity index (χ1v) is 5.76. The molecule has 0 radical (unpaired) electrons. The second-order valence-electron chi connectivity index (χ2n) is 3.35. The van der Waals surface area contributed by atoms with Crippen LogP contribution in [0.1, 0.15) is 13.8 Å². The highest BCUT2D eigenvalue weighted by atomic mass is 127. The van der Waals surface area contributed by atoms with Crippen molar-refractivity contribution in [3.05, 3.63) is 27.8 Å². The highest BCUT2D eigenvalue weighted by Gasteiger charge is 1.98. The fraction of sp³-hybridized carbons (Fsp3) is 0.300. The molecule has 0 aliphatic rings. The van der Waals surface area contributed by atoms with E-state index in [4.69, 9.17) is 5.84 Å². The number of hydrogen-bond donors (Lipinski definition) is 3. The van der Waals surface area contributed by atoms with Crippen molar-refractivity contribution in [3.63, 3.8) is 0 Å². The fourth-order valence-electron chi connectivity index (χ4n) is 1.03. The van der Waals surface area contributed by atoms with Crippen LogP contribution in [0.15, 0.2) is 29.3 Å². The van der Waals surface area contributed by atoms with Gasteiger partial charge in [0.15, 0.2) is 0 Å². The number of anilines is 1. The zero-order valence-corrected chi connectivity index (χ0v) is 10.9. The molecule has 0 aliphatic carbocycles. The Kier molecular flexibility index (Phi) is 4.83. The number of nitrogens with two attached hydrogens (primary N) is 1. The fourth-order valence-corrected chi connectivity index (χ4v) is 1.39. The Hall–Kier alpha value is -0.820. The predicted molar refractivity (Wildman–Crippen MR) is 72.7 cm³/mol. The third-order valence-corrected chi connectivity index (χ3v) is 2.35. The summed E-state index contributed by atoms with van der Waals surface area (Å²) in [6, 6.07) is 8.20. The first-order valence-electron chi connectivity index (χ1n) is 4.69. The quantitative estimate of drug-likeness (QED) is 0.257. The van der Waals surface area contributed by atoms with Crippen LogP contribution in [0.4, 0.5) is 5.69 Å². The molecule has 5 heteroatoms. The van der Waals surface area contributed by atoms with Crippen LogP contribution >= 0.6 is 22.6 Å². The van der Waals surface area contributed by atoms with Crippen LogP contribution in [0, 0.1) is 3.57 Å². The molecule has 0 fully saturated rings. The zero-order valence-electron chi connectivity index (χ0n) is 8.79. The maximum absolute atomic E-state index is 5.35. The van der Waals surface area contributed by atoms with Crippen LogP contribution in [0.25, 0.3) is 0 Å². The lowest BCUT2D eigenvalue weighted by molar-refractivity contribution is 0.819. The number of hydrazine groups is 1. The van der Waals surface area contributed by atoms with E-state index in [0.717, 1.165) is 5.69 Å². The third-order valence-electron chi connectivity index (χ3n) is 1.63. The summed E-state index contributed by atoms with van der Waals surface area (Å²) in [5, 5.41) is 3.10. The molecule has 0 atom stereocenters. The summed E-state index contributed by atoms with van der Waals surface area (Å²) in [4.78, 5) is 4.28. The van der Waals surface area contributed by atoms with Crippen molar-refractivity contribution in [1.29, 1.82) is 0 Å². The van der Waals surface area contributed by atoms with E-state index < -0.39 is 0 Å². The molecule has 82 valence electrons. The zero-order chi connectivity index (χ0) is 11.3. The predicted octanol–water partition coefficient (Wildman–Crippen LogP) is 1.93. The minimum Gasteiger partial charge on any atom is -0.325 e. The van der Waals surface area contributed by atoms with Crippen molar-refractivity contribution >= 4 is 34.2 Å². The van der Waals surface area contributed by atoms with Crippen molar-refractivity contribution in [2.45, 2.75) is 19.9 Å². The molecule has 0 saturated heterocycles. The van der Waals surface area contributed by atoms with Crippen LogP contribution in [-0.4, -0.2) is 12.0 Å². The third kappa shape index (κ3) is 4.48. The Bertz CT molecular complexity index is 332. The van der Waals surface area contributed by atoms with E-state index in [2.05, 4.69) is 38.3 Å². The van der Waals surface area contributed by atoms with Crippen LogP contribution in [0.5, 0.6) is 0 Å². The number of hydrogen-bond acceptors (Lipinski definition) is 2. The van der Waals surface area contributed by atoms with Gasteiger partial charge in [0, 0.05) is 15.3 Å². The largest absolute Gasteiger partial charge is 0.325 e. The van der Waals surface area contributed by atoms with Crippen molar-refractivity contribution in [3.8, 4) is 0 Å². The molecular weight excluding hydrogens is 303 g/mol. The van der Waals surface area contributed by atoms with Gasteiger partial charge in [0.2, 0.25) is 5.96 Å². The first kappa shape index (κ1) is 12.3. The minimum absolute atomic E-state index is 0.201. The number of rotatable bonds is 2. The van der Waals surface area contributed by atoms with Gasteiger partial charge in [0.05, 0.1) is 0 Å².